The predicted octanol–water partition coefficient (Wildman–Crippen LogP) is 2.49. The molecular weight excluding hydrogens is 264 g/mol. The maximum Gasteiger partial charge on any atom is 0.238 e. The number of nitrogens with zero attached hydrogens (tertiary/aromatic N) is 1. The van der Waals surface area contributed by atoms with Crippen LogP contribution in [-0.4, -0.2) is 36.7 Å². The number of hydrogen-bond donors (Lipinski definition) is 1. The zero-order valence-corrected chi connectivity index (χ0v) is 12.7. The van der Waals surface area contributed by atoms with E-state index in [1.165, 1.54) is 5.56 Å². The van der Waals surface area contributed by atoms with Crippen molar-refractivity contribution in [3.05, 3.63) is 29.8 Å². The Kier molecular flexibility index (Phi) is 5.93. The van der Waals surface area contributed by atoms with Crippen molar-refractivity contribution in [3.63, 3.8) is 0 Å². The molecule has 1 saturated heterocycles. The summed E-state index contributed by atoms with van der Waals surface area (Å²) in [4.78, 5) is 24.9. The lowest BCUT2D eigenvalue weighted by molar-refractivity contribution is -0.119. The summed E-state index contributed by atoms with van der Waals surface area (Å²) in [5, 5.41) is 2.92. The minimum Gasteiger partial charge on any atom is -0.325 e. The molecule has 21 heavy (non-hydrogen) atoms. The van der Waals surface area contributed by atoms with Gasteiger partial charge in [0, 0.05) is 18.2 Å². The molecule has 1 fully saturated rings. The van der Waals surface area contributed by atoms with Crippen molar-refractivity contribution in [2.45, 2.75) is 32.6 Å². The highest BCUT2D eigenvalue weighted by molar-refractivity contribution is 5.92. The molecule has 4 nitrogen and oxygen atoms in total. The molecule has 0 spiro atoms. The van der Waals surface area contributed by atoms with Gasteiger partial charge in [0.1, 0.15) is 6.29 Å². The Labute approximate surface area is 126 Å². The number of carbonyl (C=O) groups excluding carboxylic acids is 2. The van der Waals surface area contributed by atoms with Gasteiger partial charge in [-0.2, -0.15) is 0 Å². The minimum absolute atomic E-state index is 0.00945. The smallest absolute Gasteiger partial charge is 0.238 e. The second-order valence-corrected chi connectivity index (χ2v) is 5.77. The van der Waals surface area contributed by atoms with Gasteiger partial charge in [0.25, 0.3) is 0 Å². The Bertz CT molecular complexity index is 470. The van der Waals surface area contributed by atoms with Crippen LogP contribution in [0, 0.1) is 5.92 Å². The summed E-state index contributed by atoms with van der Waals surface area (Å²) in [7, 11) is 0. The predicted molar refractivity (Wildman–Crippen MR) is 84.3 cm³/mol. The first kappa shape index (κ1) is 15.7. The van der Waals surface area contributed by atoms with Crippen molar-refractivity contribution in [1.29, 1.82) is 0 Å². The Morgan fingerprint density at radius 1 is 1.38 bits per heavy atom. The van der Waals surface area contributed by atoms with Crippen LogP contribution in [0.25, 0.3) is 0 Å². The molecule has 1 aromatic rings. The van der Waals surface area contributed by atoms with Gasteiger partial charge in [-0.3, -0.25) is 9.69 Å². The standard InChI is InChI=1S/C17H24N2O2/c1-2-4-14-6-8-16(9-7-14)18-17(21)12-19-10-3-5-15(11-19)13-20/h6-9,13,15H,2-5,10-12H2,1H3,(H,18,21). The van der Waals surface area contributed by atoms with E-state index in [0.717, 1.165) is 44.2 Å². The van der Waals surface area contributed by atoms with E-state index in [9.17, 15) is 9.59 Å². The van der Waals surface area contributed by atoms with Crippen LogP contribution in [0.2, 0.25) is 0 Å². The number of likely N-dealkylation sites (tertiary alicyclic amines) is 1. The van der Waals surface area contributed by atoms with Gasteiger partial charge in [0.15, 0.2) is 0 Å². The Morgan fingerprint density at radius 2 is 2.14 bits per heavy atom. The molecule has 1 aliphatic rings. The molecule has 1 heterocycles. The van der Waals surface area contributed by atoms with Gasteiger partial charge in [-0.1, -0.05) is 25.5 Å². The lowest BCUT2D eigenvalue weighted by atomic mass is 10.00. The number of aryl methyl sites for hydroxylation is 1. The lowest BCUT2D eigenvalue weighted by Gasteiger charge is -2.29. The first-order chi connectivity index (χ1) is 10.2. The van der Waals surface area contributed by atoms with Gasteiger partial charge in [0.05, 0.1) is 6.54 Å². The van der Waals surface area contributed by atoms with Crippen LogP contribution in [0.1, 0.15) is 31.7 Å². The molecule has 1 aromatic carbocycles. The number of anilines is 1. The summed E-state index contributed by atoms with van der Waals surface area (Å²) in [5.41, 5.74) is 2.13. The zero-order valence-electron chi connectivity index (χ0n) is 12.7. The quantitative estimate of drug-likeness (QED) is 0.818. The van der Waals surface area contributed by atoms with Gasteiger partial charge in [-0.25, -0.2) is 0 Å². The van der Waals surface area contributed by atoms with Gasteiger partial charge in [0.2, 0.25) is 5.91 Å². The van der Waals surface area contributed by atoms with Crippen molar-refractivity contribution in [2.24, 2.45) is 5.92 Å². The van der Waals surface area contributed by atoms with E-state index >= 15 is 0 Å². The third-order valence-electron chi connectivity index (χ3n) is 3.88. The Hall–Kier alpha value is -1.68. The zero-order chi connectivity index (χ0) is 15.1. The number of benzene rings is 1. The first-order valence-corrected chi connectivity index (χ1v) is 7.77. The average Bonchev–Trinajstić information content (AvgIpc) is 2.49. The topological polar surface area (TPSA) is 49.4 Å². The molecule has 0 aromatic heterocycles. The molecule has 1 atom stereocenters. The largest absolute Gasteiger partial charge is 0.325 e. The minimum atomic E-state index is -0.00945. The number of piperidine rings is 1. The maximum atomic E-state index is 12.0. The molecule has 0 aliphatic carbocycles. The Morgan fingerprint density at radius 3 is 2.81 bits per heavy atom. The maximum absolute atomic E-state index is 12.0. The number of carbonyl (C=O) groups is 2. The van der Waals surface area contributed by atoms with E-state index in [1.807, 2.05) is 12.1 Å². The van der Waals surface area contributed by atoms with Crippen LogP contribution in [0.5, 0.6) is 0 Å². The first-order valence-electron chi connectivity index (χ1n) is 7.77. The molecule has 1 unspecified atom stereocenters. The summed E-state index contributed by atoms with van der Waals surface area (Å²) in [6.45, 7) is 4.11. The van der Waals surface area contributed by atoms with E-state index in [-0.39, 0.29) is 11.8 Å². The summed E-state index contributed by atoms with van der Waals surface area (Å²) < 4.78 is 0. The molecule has 0 bridgehead atoms. The van der Waals surface area contributed by atoms with E-state index in [2.05, 4.69) is 29.3 Å². The number of aldehydes is 1. The number of nitrogens with one attached hydrogen (secondary N) is 1. The van der Waals surface area contributed by atoms with Crippen molar-refractivity contribution in [1.82, 2.24) is 4.90 Å². The van der Waals surface area contributed by atoms with Gasteiger partial charge >= 0.3 is 0 Å². The van der Waals surface area contributed by atoms with Gasteiger partial charge in [-0.15, -0.1) is 0 Å². The number of rotatable bonds is 6. The van der Waals surface area contributed by atoms with Crippen LogP contribution in [0.4, 0.5) is 5.69 Å². The highest BCUT2D eigenvalue weighted by Crippen LogP contribution is 2.15. The monoisotopic (exact) mass is 288 g/mol. The second kappa shape index (κ2) is 7.93. The van der Waals surface area contributed by atoms with Gasteiger partial charge in [-0.05, 0) is 43.5 Å². The molecule has 1 N–H and O–H groups in total. The molecule has 114 valence electrons. The SMILES string of the molecule is CCCc1ccc(NC(=O)CN2CCCC(C=O)C2)cc1. The third-order valence-corrected chi connectivity index (χ3v) is 3.88. The fourth-order valence-electron chi connectivity index (χ4n) is 2.79. The van der Waals surface area contributed by atoms with Crippen molar-refractivity contribution < 1.29 is 9.59 Å². The van der Waals surface area contributed by atoms with Gasteiger partial charge < -0.3 is 10.1 Å². The van der Waals surface area contributed by atoms with Crippen molar-refractivity contribution in [3.8, 4) is 0 Å². The summed E-state index contributed by atoms with van der Waals surface area (Å²) in [5.74, 6) is 0.0738. The normalized spacial score (nSPS) is 19.2. The van der Waals surface area contributed by atoms with E-state index < -0.39 is 0 Å². The Balaban J connectivity index is 1.82. The summed E-state index contributed by atoms with van der Waals surface area (Å²) >= 11 is 0. The van der Waals surface area contributed by atoms with Crippen LogP contribution >= 0.6 is 0 Å². The van der Waals surface area contributed by atoms with Crippen LogP contribution < -0.4 is 5.32 Å². The molecule has 4 heteroatoms. The molecule has 1 amide bonds. The molecular formula is C17H24N2O2. The highest BCUT2D eigenvalue weighted by atomic mass is 16.2. The fraction of sp³-hybridized carbons (Fsp3) is 0.529. The second-order valence-electron chi connectivity index (χ2n) is 5.77. The summed E-state index contributed by atoms with van der Waals surface area (Å²) in [6, 6.07) is 8.02. The third kappa shape index (κ3) is 4.97. The van der Waals surface area contributed by atoms with Crippen LogP contribution in [0.15, 0.2) is 24.3 Å². The molecule has 0 radical (unpaired) electrons. The molecule has 2 rings (SSSR count). The van der Waals surface area contributed by atoms with Crippen LogP contribution in [-0.2, 0) is 16.0 Å². The van der Waals surface area contributed by atoms with E-state index in [1.54, 1.807) is 0 Å². The fourth-order valence-corrected chi connectivity index (χ4v) is 2.79. The molecule has 0 saturated carbocycles. The highest BCUT2D eigenvalue weighted by Gasteiger charge is 2.20. The van der Waals surface area contributed by atoms with E-state index in [0.29, 0.717) is 13.1 Å². The van der Waals surface area contributed by atoms with Crippen molar-refractivity contribution >= 4 is 17.9 Å². The average molecular weight is 288 g/mol. The lowest BCUT2D eigenvalue weighted by Crippen LogP contribution is -2.40. The number of hydrogen-bond acceptors (Lipinski definition) is 3. The van der Waals surface area contributed by atoms with Crippen molar-refractivity contribution in [2.75, 3.05) is 25.0 Å². The molecule has 1 aliphatic heterocycles. The van der Waals surface area contributed by atoms with E-state index in [4.69, 9.17) is 0 Å². The van der Waals surface area contributed by atoms with Crippen LogP contribution in [0.3, 0.4) is 0 Å². The summed E-state index contributed by atoms with van der Waals surface area (Å²) in [6.07, 6.45) is 5.13. The number of amides is 1.